The largest absolute Gasteiger partial charge is 0.668 e. The van der Waals surface area contributed by atoms with Gasteiger partial charge in [0, 0.05) is 45.2 Å². The van der Waals surface area contributed by atoms with Crippen molar-refractivity contribution in [1.29, 1.82) is 0 Å². The molecule has 0 saturated carbocycles. The predicted molar refractivity (Wildman–Crippen MR) is 177 cm³/mol. The third-order valence-electron chi connectivity index (χ3n) is 7.67. The Morgan fingerprint density at radius 1 is 0.956 bits per heavy atom. The van der Waals surface area contributed by atoms with E-state index in [9.17, 15) is 19.2 Å². The maximum Gasteiger partial charge on any atom is 0.312 e. The van der Waals surface area contributed by atoms with E-state index in [1.807, 2.05) is 61.0 Å². The monoisotopic (exact) mass is 709 g/mol. The average Bonchev–Trinajstić information content (AvgIpc) is 2.94. The number of unbranched alkanes of at least 4 members (excludes halogenated alkanes) is 1. The van der Waals surface area contributed by atoms with E-state index >= 15 is 0 Å². The number of esters is 1. The molecule has 45 heavy (non-hydrogen) atoms. The zero-order chi connectivity index (χ0) is 34.6. The number of aliphatic carboxylic acids is 1. The Labute approximate surface area is 298 Å². The summed E-state index contributed by atoms with van der Waals surface area (Å²) in [7, 11) is 0. The molecule has 1 atom stereocenters. The molecule has 10 heteroatoms. The van der Waals surface area contributed by atoms with Crippen LogP contribution in [-0.2, 0) is 61.4 Å². The molecule has 3 N–H and O–H groups in total. The van der Waals surface area contributed by atoms with E-state index in [1.165, 1.54) is 5.56 Å². The normalized spacial score (nSPS) is 11.9. The molecule has 9 nitrogen and oxygen atoms in total. The van der Waals surface area contributed by atoms with Crippen molar-refractivity contribution in [3.05, 3.63) is 48.0 Å². The van der Waals surface area contributed by atoms with Gasteiger partial charge >= 0.3 is 11.9 Å². The van der Waals surface area contributed by atoms with Crippen LogP contribution in [0.5, 0.6) is 0 Å². The van der Waals surface area contributed by atoms with Gasteiger partial charge in [0.15, 0.2) is 0 Å². The second-order valence-electron chi connectivity index (χ2n) is 12.8. The zero-order valence-electron chi connectivity index (χ0n) is 29.7. The number of benzene rings is 1. The number of ether oxygens (including phenoxy) is 2. The van der Waals surface area contributed by atoms with Crippen LogP contribution in [0.2, 0.25) is 0 Å². The quantitative estimate of drug-likeness (QED) is 0.0900. The molecule has 0 aliphatic rings. The van der Waals surface area contributed by atoms with Crippen molar-refractivity contribution in [2.75, 3.05) is 19.8 Å². The topological polar surface area (TPSA) is 143 Å². The third kappa shape index (κ3) is 20.8. The average molecular weight is 710 g/mol. The number of hydrogen-bond donors (Lipinski definition) is 2. The van der Waals surface area contributed by atoms with Crippen molar-refractivity contribution in [2.24, 2.45) is 16.7 Å². The van der Waals surface area contributed by atoms with Gasteiger partial charge in [-0.3, -0.25) is 14.4 Å². The third-order valence-corrected chi connectivity index (χ3v) is 7.67. The Bertz CT molecular complexity index is 965. The van der Waals surface area contributed by atoms with E-state index in [0.717, 1.165) is 12.8 Å². The smallest absolute Gasteiger partial charge is 0.312 e. The molecule has 1 aromatic carbocycles. The Morgan fingerprint density at radius 3 is 1.96 bits per heavy atom. The Balaban J connectivity index is -0.00000139. The van der Waals surface area contributed by atoms with E-state index in [2.05, 4.69) is 57.3 Å². The molecule has 0 saturated heterocycles. The van der Waals surface area contributed by atoms with Crippen LogP contribution >= 0.6 is 0 Å². The summed E-state index contributed by atoms with van der Waals surface area (Å²) < 4.78 is 11.4. The van der Waals surface area contributed by atoms with Gasteiger partial charge in [0.25, 0.3) is 0 Å². The number of carbonyl (C=O) groups is 4. The summed E-state index contributed by atoms with van der Waals surface area (Å²) in [5, 5.41) is 10.8. The minimum atomic E-state index is -1.04. The minimum Gasteiger partial charge on any atom is -0.668 e. The van der Waals surface area contributed by atoms with Crippen molar-refractivity contribution in [1.82, 2.24) is 5.32 Å². The van der Waals surface area contributed by atoms with Gasteiger partial charge in [-0.2, -0.15) is 13.3 Å². The standard InChI is InChI=1S/C29H48NO4.C4H7NO3.C2H6.Y/c1-10-11-18-34-28(6,7)21-25(31)30-17-19-33-26(32)29(8,9)27(4,5)20-24(22(2)3)23-15-13-12-14-16-23;5-3(6)1-2-4(7)8;1-2;/h10,12-16,22,24H,11,17-21H2,1-9H3,(H,30,31);1-2H2,(H3,5,6,7,8);1-2H3;/q-1;;;/p-1. The number of amides is 2. The first-order valence-corrected chi connectivity index (χ1v) is 15.7. The fourth-order valence-corrected chi connectivity index (χ4v) is 4.21. The van der Waals surface area contributed by atoms with Crippen molar-refractivity contribution in [2.45, 2.75) is 120 Å². The summed E-state index contributed by atoms with van der Waals surface area (Å²) >= 11 is 0. The zero-order valence-corrected chi connectivity index (χ0v) is 32.6. The summed E-state index contributed by atoms with van der Waals surface area (Å²) in [4.78, 5) is 44.8. The predicted octanol–water partition coefficient (Wildman–Crippen LogP) is 7.78. The van der Waals surface area contributed by atoms with Gasteiger partial charge in [-0.15, -0.1) is 0 Å². The molecule has 1 radical (unpaired) electrons. The summed E-state index contributed by atoms with van der Waals surface area (Å²) in [6.07, 6.45) is 3.61. The summed E-state index contributed by atoms with van der Waals surface area (Å²) in [5.41, 5.74) is 6.09. The number of carbonyl (C=O) groups excluding carboxylic acids is 3. The Kier molecular flexibility index (Phi) is 25.7. The second-order valence-corrected chi connectivity index (χ2v) is 12.8. The molecular weight excluding hydrogens is 649 g/mol. The number of nitrogens with one attached hydrogen (secondary N) is 2. The fraction of sp³-hybridized carbons (Fsp3) is 0.686. The number of carboxylic acid groups (broad SMARTS) is 1. The molecule has 0 fully saturated rings. The first-order valence-electron chi connectivity index (χ1n) is 15.7. The molecule has 0 aromatic heterocycles. The second kappa shape index (κ2) is 24.4. The summed E-state index contributed by atoms with van der Waals surface area (Å²) in [5.74, 6) is -1.40. The van der Waals surface area contributed by atoms with Crippen LogP contribution in [-0.4, -0.2) is 54.2 Å². The van der Waals surface area contributed by atoms with Gasteiger partial charge in [0.1, 0.15) is 6.61 Å². The molecule has 1 rings (SSSR count). The van der Waals surface area contributed by atoms with Crippen LogP contribution in [0, 0.1) is 23.2 Å². The summed E-state index contributed by atoms with van der Waals surface area (Å²) in [6, 6.07) is 10.5. The maximum atomic E-state index is 13.1. The van der Waals surface area contributed by atoms with Gasteiger partial charge in [-0.25, -0.2) is 0 Å². The van der Waals surface area contributed by atoms with Crippen molar-refractivity contribution in [3.8, 4) is 0 Å². The van der Waals surface area contributed by atoms with Crippen molar-refractivity contribution in [3.63, 3.8) is 0 Å². The first kappa shape index (κ1) is 47.6. The molecule has 2 amide bonds. The van der Waals surface area contributed by atoms with Crippen molar-refractivity contribution < 1.29 is 66.5 Å². The van der Waals surface area contributed by atoms with Gasteiger partial charge in [0.05, 0.1) is 30.4 Å². The molecule has 257 valence electrons. The van der Waals surface area contributed by atoms with Gasteiger partial charge in [0.2, 0.25) is 5.91 Å². The van der Waals surface area contributed by atoms with Gasteiger partial charge in [-0.05, 0) is 63.4 Å². The Morgan fingerprint density at radius 2 is 1.51 bits per heavy atom. The molecule has 1 unspecified atom stereocenters. The molecule has 0 bridgehead atoms. The molecule has 0 aliphatic carbocycles. The molecular formula is C35H60N2O7Y-2. The van der Waals surface area contributed by atoms with Crippen LogP contribution in [0.1, 0.15) is 120 Å². The number of hydrogen-bond acceptors (Lipinski definition) is 6. The van der Waals surface area contributed by atoms with E-state index < -0.39 is 22.9 Å². The van der Waals surface area contributed by atoms with Crippen molar-refractivity contribution >= 4 is 23.8 Å². The van der Waals surface area contributed by atoms with Gasteiger partial charge in [-0.1, -0.05) is 71.9 Å². The maximum absolute atomic E-state index is 13.1. The number of rotatable bonds is 18. The molecule has 1 aromatic rings. The van der Waals surface area contributed by atoms with Crippen LogP contribution in [0.4, 0.5) is 0 Å². The molecule has 0 aliphatic heterocycles. The van der Waals surface area contributed by atoms with E-state index in [4.69, 9.17) is 20.3 Å². The fourth-order valence-electron chi connectivity index (χ4n) is 4.21. The first-order chi connectivity index (χ1) is 20.4. The van der Waals surface area contributed by atoms with Crippen LogP contribution < -0.4 is 5.32 Å². The Hall–Kier alpha value is -1.84. The van der Waals surface area contributed by atoms with Crippen LogP contribution in [0.25, 0.3) is 5.73 Å². The van der Waals surface area contributed by atoms with Gasteiger partial charge < -0.3 is 36.8 Å². The summed E-state index contributed by atoms with van der Waals surface area (Å²) in [6.45, 7) is 23.5. The molecule has 0 heterocycles. The van der Waals surface area contributed by atoms with Crippen LogP contribution in [0.3, 0.4) is 0 Å². The SMILES string of the molecule is CC.C[CH-]CCOC(C)(C)CC(=O)NCCOC(=O)C(C)(C)C(C)(C)CC(c1ccccc1)C(C)C.[NH-]C(=O)CCC(=O)O.[Y]. The minimum absolute atomic E-state index is 0. The molecule has 0 spiro atoms. The van der Waals surface area contributed by atoms with Crippen LogP contribution in [0.15, 0.2) is 30.3 Å². The van der Waals surface area contributed by atoms with E-state index in [1.54, 1.807) is 0 Å². The van der Waals surface area contributed by atoms with E-state index in [0.29, 0.717) is 25.0 Å². The number of carboxylic acids is 1. The van der Waals surface area contributed by atoms with E-state index in [-0.39, 0.29) is 75.9 Å².